The van der Waals surface area contributed by atoms with E-state index in [2.05, 4.69) is 22.5 Å². The highest BCUT2D eigenvalue weighted by molar-refractivity contribution is 7.99. The molecule has 0 radical (unpaired) electrons. The lowest BCUT2D eigenvalue weighted by molar-refractivity contribution is 0.577. The van der Waals surface area contributed by atoms with Crippen LogP contribution in [-0.2, 0) is 6.54 Å². The van der Waals surface area contributed by atoms with Gasteiger partial charge in [0.1, 0.15) is 11.6 Å². The fourth-order valence-electron chi connectivity index (χ4n) is 2.70. The number of nitrogens with zero attached hydrogens (tertiary/aromatic N) is 1. The first-order chi connectivity index (χ1) is 10.6. The first-order valence-electron chi connectivity index (χ1n) is 7.65. The third-order valence-corrected chi connectivity index (χ3v) is 5.04. The number of hydrogen-bond acceptors (Lipinski definition) is 2. The summed E-state index contributed by atoms with van der Waals surface area (Å²) >= 11 is 2.00. The Labute approximate surface area is 135 Å². The van der Waals surface area contributed by atoms with Gasteiger partial charge < -0.3 is 10.6 Å². The highest BCUT2D eigenvalue weighted by atomic mass is 32.2. The van der Waals surface area contributed by atoms with Crippen molar-refractivity contribution in [3.05, 3.63) is 35.4 Å². The number of rotatable bonds is 5. The van der Waals surface area contributed by atoms with Crippen molar-refractivity contribution in [2.75, 3.05) is 12.8 Å². The van der Waals surface area contributed by atoms with Crippen molar-refractivity contribution in [2.24, 2.45) is 4.99 Å². The van der Waals surface area contributed by atoms with Crippen molar-refractivity contribution in [1.82, 2.24) is 10.6 Å². The third-order valence-electron chi connectivity index (χ3n) is 3.81. The number of hydrogen-bond donors (Lipinski definition) is 2. The minimum atomic E-state index is -0.434. The number of nitrogens with one attached hydrogen (secondary N) is 2. The molecule has 1 aromatic carbocycles. The summed E-state index contributed by atoms with van der Waals surface area (Å²) in [6.07, 6.45) is 3.45. The van der Waals surface area contributed by atoms with E-state index < -0.39 is 11.6 Å². The molecule has 2 rings (SSSR count). The van der Waals surface area contributed by atoms with Crippen molar-refractivity contribution in [3.8, 4) is 0 Å². The first kappa shape index (κ1) is 17.1. The predicted molar refractivity (Wildman–Crippen MR) is 89.3 cm³/mol. The summed E-state index contributed by atoms with van der Waals surface area (Å²) in [5.74, 6) is 0.931. The molecular formula is C16H23F2N3S. The van der Waals surface area contributed by atoms with Gasteiger partial charge in [0.2, 0.25) is 0 Å². The van der Waals surface area contributed by atoms with Crippen LogP contribution in [0.2, 0.25) is 0 Å². The van der Waals surface area contributed by atoms with Gasteiger partial charge in [0.15, 0.2) is 5.96 Å². The molecule has 0 aliphatic heterocycles. The topological polar surface area (TPSA) is 36.4 Å². The van der Waals surface area contributed by atoms with Crippen LogP contribution in [0.4, 0.5) is 8.78 Å². The van der Waals surface area contributed by atoms with Gasteiger partial charge in [-0.1, -0.05) is 6.92 Å². The van der Waals surface area contributed by atoms with Crippen molar-refractivity contribution in [3.63, 3.8) is 0 Å². The van der Waals surface area contributed by atoms with Crippen LogP contribution < -0.4 is 10.6 Å². The normalized spacial score (nSPS) is 21.9. The quantitative estimate of drug-likeness (QED) is 0.643. The Balaban J connectivity index is 1.84. The number of thioether (sulfide) groups is 1. The SMILES string of the molecule is CCSC1CCC(NC(=NC)NCc2cc(F)ccc2F)C1. The van der Waals surface area contributed by atoms with Crippen molar-refractivity contribution >= 4 is 17.7 Å². The molecule has 1 fully saturated rings. The van der Waals surface area contributed by atoms with Crippen LogP contribution in [0.25, 0.3) is 0 Å². The lowest BCUT2D eigenvalue weighted by atomic mass is 10.2. The van der Waals surface area contributed by atoms with E-state index in [0.29, 0.717) is 22.8 Å². The largest absolute Gasteiger partial charge is 0.354 e. The third kappa shape index (κ3) is 4.87. The molecule has 122 valence electrons. The molecule has 6 heteroatoms. The molecule has 2 atom stereocenters. The van der Waals surface area contributed by atoms with Gasteiger partial charge in [-0.15, -0.1) is 0 Å². The standard InChI is InChI=1S/C16H23F2N3S/c1-3-22-14-6-5-13(9-14)21-16(19-2)20-10-11-8-12(17)4-7-15(11)18/h4,7-8,13-14H,3,5-6,9-10H2,1-2H3,(H2,19,20,21). The molecule has 0 amide bonds. The van der Waals surface area contributed by atoms with E-state index in [0.717, 1.165) is 30.7 Å². The molecule has 2 N–H and O–H groups in total. The van der Waals surface area contributed by atoms with E-state index in [4.69, 9.17) is 0 Å². The Morgan fingerprint density at radius 2 is 2.18 bits per heavy atom. The maximum Gasteiger partial charge on any atom is 0.191 e. The average Bonchev–Trinajstić information content (AvgIpc) is 2.94. The van der Waals surface area contributed by atoms with Crippen molar-refractivity contribution < 1.29 is 8.78 Å². The van der Waals surface area contributed by atoms with Crippen LogP contribution in [0.3, 0.4) is 0 Å². The summed E-state index contributed by atoms with van der Waals surface area (Å²) in [6, 6.07) is 3.87. The van der Waals surface area contributed by atoms with Crippen LogP contribution in [-0.4, -0.2) is 30.1 Å². The number of halogens is 2. The van der Waals surface area contributed by atoms with E-state index in [9.17, 15) is 8.78 Å². The molecule has 0 spiro atoms. The summed E-state index contributed by atoms with van der Waals surface area (Å²) in [7, 11) is 1.69. The monoisotopic (exact) mass is 327 g/mol. The van der Waals surface area contributed by atoms with Gasteiger partial charge in [0.05, 0.1) is 0 Å². The smallest absolute Gasteiger partial charge is 0.191 e. The summed E-state index contributed by atoms with van der Waals surface area (Å²) < 4.78 is 26.7. The zero-order valence-corrected chi connectivity index (χ0v) is 13.9. The summed E-state index contributed by atoms with van der Waals surface area (Å²) in [6.45, 7) is 2.39. The van der Waals surface area contributed by atoms with Gasteiger partial charge in [-0.05, 0) is 43.2 Å². The Kier molecular flexibility index (Phi) is 6.49. The lowest BCUT2D eigenvalue weighted by Gasteiger charge is -2.17. The maximum absolute atomic E-state index is 13.6. The van der Waals surface area contributed by atoms with E-state index in [1.165, 1.54) is 12.5 Å². The average molecular weight is 327 g/mol. The number of guanidine groups is 1. The van der Waals surface area contributed by atoms with Gasteiger partial charge in [-0.25, -0.2) is 8.78 Å². The molecule has 1 saturated carbocycles. The summed E-state index contributed by atoms with van der Waals surface area (Å²) in [4.78, 5) is 4.16. The van der Waals surface area contributed by atoms with E-state index in [-0.39, 0.29) is 6.54 Å². The van der Waals surface area contributed by atoms with Gasteiger partial charge in [0.25, 0.3) is 0 Å². The van der Waals surface area contributed by atoms with E-state index >= 15 is 0 Å². The number of aliphatic imine (C=N–C) groups is 1. The zero-order valence-electron chi connectivity index (χ0n) is 13.0. The minimum absolute atomic E-state index is 0.211. The molecule has 1 aliphatic rings. The lowest BCUT2D eigenvalue weighted by Crippen LogP contribution is -2.42. The van der Waals surface area contributed by atoms with Crippen LogP contribution in [0.5, 0.6) is 0 Å². The highest BCUT2D eigenvalue weighted by Crippen LogP contribution is 2.29. The molecule has 1 aliphatic carbocycles. The second-order valence-corrected chi connectivity index (χ2v) is 6.97. The molecule has 1 aromatic rings. The van der Waals surface area contributed by atoms with Gasteiger partial charge >= 0.3 is 0 Å². The van der Waals surface area contributed by atoms with Gasteiger partial charge in [-0.2, -0.15) is 11.8 Å². The fourth-order valence-corrected chi connectivity index (χ4v) is 3.85. The Morgan fingerprint density at radius 3 is 2.91 bits per heavy atom. The Hall–Kier alpha value is -1.30. The summed E-state index contributed by atoms with van der Waals surface area (Å²) in [5, 5.41) is 7.13. The molecule has 0 saturated heterocycles. The first-order valence-corrected chi connectivity index (χ1v) is 8.70. The van der Waals surface area contributed by atoms with Gasteiger partial charge in [0, 0.05) is 30.4 Å². The maximum atomic E-state index is 13.6. The predicted octanol–water partition coefficient (Wildman–Crippen LogP) is 3.30. The second kappa shape index (κ2) is 8.36. The zero-order chi connectivity index (χ0) is 15.9. The molecule has 0 bridgehead atoms. The molecule has 22 heavy (non-hydrogen) atoms. The molecule has 0 aromatic heterocycles. The second-order valence-electron chi connectivity index (χ2n) is 5.39. The van der Waals surface area contributed by atoms with Crippen LogP contribution in [0.1, 0.15) is 31.7 Å². The minimum Gasteiger partial charge on any atom is -0.354 e. The highest BCUT2D eigenvalue weighted by Gasteiger charge is 2.25. The van der Waals surface area contributed by atoms with Crippen molar-refractivity contribution in [2.45, 2.75) is 44.0 Å². The Morgan fingerprint density at radius 1 is 1.36 bits per heavy atom. The Bertz CT molecular complexity index is 522. The molecule has 0 heterocycles. The van der Waals surface area contributed by atoms with Crippen LogP contribution in [0, 0.1) is 11.6 Å². The van der Waals surface area contributed by atoms with Crippen LogP contribution >= 0.6 is 11.8 Å². The molecule has 3 nitrogen and oxygen atoms in total. The number of benzene rings is 1. The van der Waals surface area contributed by atoms with Gasteiger partial charge in [-0.3, -0.25) is 4.99 Å². The van der Waals surface area contributed by atoms with E-state index in [1.54, 1.807) is 7.05 Å². The van der Waals surface area contributed by atoms with Crippen molar-refractivity contribution in [1.29, 1.82) is 0 Å². The molecule has 2 unspecified atom stereocenters. The van der Waals surface area contributed by atoms with E-state index in [1.807, 2.05) is 11.8 Å². The van der Waals surface area contributed by atoms with Crippen LogP contribution in [0.15, 0.2) is 23.2 Å². The fraction of sp³-hybridized carbons (Fsp3) is 0.562. The summed E-state index contributed by atoms with van der Waals surface area (Å²) in [5.41, 5.74) is 0.300. The molecular weight excluding hydrogens is 304 g/mol.